The summed E-state index contributed by atoms with van der Waals surface area (Å²) in [5.41, 5.74) is 0. The van der Waals surface area contributed by atoms with Crippen LogP contribution in [0.1, 0.15) is 32.1 Å². The van der Waals surface area contributed by atoms with E-state index < -0.39 is 0 Å². The van der Waals surface area contributed by atoms with Crippen molar-refractivity contribution in [2.24, 2.45) is 0 Å². The van der Waals surface area contributed by atoms with Gasteiger partial charge in [0.15, 0.2) is 4.77 Å². The van der Waals surface area contributed by atoms with Crippen molar-refractivity contribution in [3.63, 3.8) is 0 Å². The van der Waals surface area contributed by atoms with Crippen molar-refractivity contribution in [2.45, 2.75) is 33.2 Å². The fraction of sp³-hybridized carbons (Fsp3) is 0.667. The maximum atomic E-state index is 11.7. The second kappa shape index (κ2) is 5.06. The molecule has 0 aliphatic carbocycles. The average molecular weight is 228 g/mol. The van der Waals surface area contributed by atoms with Gasteiger partial charge in [0, 0.05) is 6.54 Å². The van der Waals surface area contributed by atoms with E-state index in [1.54, 1.807) is 4.57 Å². The van der Waals surface area contributed by atoms with Crippen LogP contribution in [0.4, 0.5) is 0 Å². The molecule has 1 aromatic heterocycles. The molecule has 1 unspecified atom stereocenters. The van der Waals surface area contributed by atoms with Crippen LogP contribution in [0.15, 0.2) is 0 Å². The Labute approximate surface area is 93.9 Å². The van der Waals surface area contributed by atoms with Crippen molar-refractivity contribution >= 4 is 18.1 Å². The zero-order valence-electron chi connectivity index (χ0n) is 9.20. The van der Waals surface area contributed by atoms with Gasteiger partial charge in [0.25, 0.3) is 0 Å². The van der Waals surface area contributed by atoms with E-state index in [1.807, 2.05) is 20.8 Å². The zero-order chi connectivity index (χ0) is 11.4. The molecular weight excluding hydrogens is 212 g/mol. The summed E-state index contributed by atoms with van der Waals surface area (Å²) in [4.78, 5) is 11.7. The number of aromatic amines is 1. The minimum Gasteiger partial charge on any atom is -0.354 e. The highest BCUT2D eigenvalue weighted by Gasteiger charge is 2.17. The first-order valence-corrected chi connectivity index (χ1v) is 5.40. The van der Waals surface area contributed by atoms with Crippen molar-refractivity contribution in [1.82, 2.24) is 20.1 Å². The lowest BCUT2D eigenvalue weighted by atomic mass is 10.3. The molecule has 1 rings (SSSR count). The van der Waals surface area contributed by atoms with E-state index in [0.29, 0.717) is 11.3 Å². The Morgan fingerprint density at radius 2 is 2.40 bits per heavy atom. The van der Waals surface area contributed by atoms with Gasteiger partial charge in [-0.15, -0.1) is 0 Å². The predicted octanol–water partition coefficient (Wildman–Crippen LogP) is 1.34. The van der Waals surface area contributed by atoms with Crippen LogP contribution in [0.2, 0.25) is 0 Å². The van der Waals surface area contributed by atoms with E-state index in [1.165, 1.54) is 0 Å². The van der Waals surface area contributed by atoms with Gasteiger partial charge in [0.2, 0.25) is 5.91 Å². The van der Waals surface area contributed by atoms with Crippen molar-refractivity contribution in [1.29, 1.82) is 0 Å². The number of carbonyl (C=O) groups excluding carboxylic acids is 1. The molecular formula is C9H16N4OS. The standard InChI is InChI=1S/C9H16N4OS/c1-4-5-10-8(14)6(2)13-7(3)11-12-9(13)15/h6H,4-5H2,1-3H3,(H,10,14)(H,12,15). The first-order chi connectivity index (χ1) is 7.07. The van der Waals surface area contributed by atoms with Gasteiger partial charge in [-0.2, -0.15) is 5.10 Å². The number of hydrogen-bond donors (Lipinski definition) is 2. The third-order valence-corrected chi connectivity index (χ3v) is 2.48. The first kappa shape index (κ1) is 11.9. The van der Waals surface area contributed by atoms with Crippen LogP contribution in [-0.2, 0) is 4.79 Å². The highest BCUT2D eigenvalue weighted by molar-refractivity contribution is 7.71. The molecule has 1 amide bonds. The van der Waals surface area contributed by atoms with Crippen molar-refractivity contribution in [3.05, 3.63) is 10.6 Å². The molecule has 0 saturated carbocycles. The summed E-state index contributed by atoms with van der Waals surface area (Å²) in [6, 6.07) is -0.317. The predicted molar refractivity (Wildman–Crippen MR) is 60.2 cm³/mol. The zero-order valence-corrected chi connectivity index (χ0v) is 10.0. The molecule has 84 valence electrons. The summed E-state index contributed by atoms with van der Waals surface area (Å²) in [6.45, 7) is 6.33. The lowest BCUT2D eigenvalue weighted by molar-refractivity contribution is -0.123. The average Bonchev–Trinajstić information content (AvgIpc) is 2.54. The Morgan fingerprint density at radius 3 is 2.87 bits per heavy atom. The number of aryl methyl sites for hydroxylation is 1. The highest BCUT2D eigenvalue weighted by atomic mass is 32.1. The van der Waals surface area contributed by atoms with E-state index in [2.05, 4.69) is 15.5 Å². The molecule has 0 saturated heterocycles. The SMILES string of the molecule is CCCNC(=O)C(C)n1c(C)n[nH]c1=S. The smallest absolute Gasteiger partial charge is 0.242 e. The van der Waals surface area contributed by atoms with Crippen LogP contribution >= 0.6 is 12.2 Å². The summed E-state index contributed by atoms with van der Waals surface area (Å²) in [5, 5.41) is 9.46. The Bertz CT molecular complexity index is 395. The normalized spacial score (nSPS) is 12.5. The van der Waals surface area contributed by atoms with E-state index in [9.17, 15) is 4.79 Å². The summed E-state index contributed by atoms with van der Waals surface area (Å²) >= 11 is 5.05. The van der Waals surface area contributed by atoms with E-state index >= 15 is 0 Å². The minimum absolute atomic E-state index is 0.0301. The summed E-state index contributed by atoms with van der Waals surface area (Å²) in [5.74, 6) is 0.691. The van der Waals surface area contributed by atoms with Crippen LogP contribution in [0.5, 0.6) is 0 Å². The van der Waals surface area contributed by atoms with E-state index in [4.69, 9.17) is 12.2 Å². The third kappa shape index (κ3) is 2.65. The molecule has 0 bridgehead atoms. The largest absolute Gasteiger partial charge is 0.354 e. The van der Waals surface area contributed by atoms with Crippen LogP contribution in [-0.4, -0.2) is 27.2 Å². The van der Waals surface area contributed by atoms with Crippen molar-refractivity contribution < 1.29 is 4.79 Å². The number of rotatable bonds is 4. The highest BCUT2D eigenvalue weighted by Crippen LogP contribution is 2.08. The Hall–Kier alpha value is -1.17. The van der Waals surface area contributed by atoms with Gasteiger partial charge in [0.1, 0.15) is 11.9 Å². The van der Waals surface area contributed by atoms with Crippen LogP contribution in [0.25, 0.3) is 0 Å². The Morgan fingerprint density at radius 1 is 1.73 bits per heavy atom. The fourth-order valence-electron chi connectivity index (χ4n) is 1.35. The number of carbonyl (C=O) groups is 1. The minimum atomic E-state index is -0.317. The molecule has 0 spiro atoms. The number of amides is 1. The van der Waals surface area contributed by atoms with Crippen LogP contribution in [0.3, 0.4) is 0 Å². The topological polar surface area (TPSA) is 62.7 Å². The summed E-state index contributed by atoms with van der Waals surface area (Å²) in [7, 11) is 0. The second-order valence-corrected chi connectivity index (χ2v) is 3.80. The first-order valence-electron chi connectivity index (χ1n) is 4.99. The molecule has 6 heteroatoms. The number of aromatic nitrogens is 3. The van der Waals surface area contributed by atoms with E-state index in [-0.39, 0.29) is 11.9 Å². The number of nitrogens with one attached hydrogen (secondary N) is 2. The van der Waals surface area contributed by atoms with Gasteiger partial charge in [-0.05, 0) is 32.5 Å². The molecule has 0 radical (unpaired) electrons. The number of hydrogen-bond acceptors (Lipinski definition) is 3. The van der Waals surface area contributed by atoms with E-state index in [0.717, 1.165) is 12.2 Å². The molecule has 1 atom stereocenters. The van der Waals surface area contributed by atoms with Gasteiger partial charge >= 0.3 is 0 Å². The molecule has 0 aliphatic rings. The molecule has 15 heavy (non-hydrogen) atoms. The Kier molecular flexibility index (Phi) is 4.02. The fourth-order valence-corrected chi connectivity index (χ4v) is 1.69. The van der Waals surface area contributed by atoms with Gasteiger partial charge in [0.05, 0.1) is 0 Å². The quantitative estimate of drug-likeness (QED) is 0.764. The van der Waals surface area contributed by atoms with Crippen molar-refractivity contribution in [3.8, 4) is 0 Å². The molecule has 5 nitrogen and oxygen atoms in total. The maximum Gasteiger partial charge on any atom is 0.242 e. The van der Waals surface area contributed by atoms with Crippen LogP contribution in [0, 0.1) is 11.7 Å². The third-order valence-electron chi connectivity index (χ3n) is 2.20. The summed E-state index contributed by atoms with van der Waals surface area (Å²) < 4.78 is 2.19. The van der Waals surface area contributed by atoms with Gasteiger partial charge in [-0.25, -0.2) is 0 Å². The van der Waals surface area contributed by atoms with Crippen molar-refractivity contribution in [2.75, 3.05) is 6.54 Å². The second-order valence-electron chi connectivity index (χ2n) is 3.41. The monoisotopic (exact) mass is 228 g/mol. The molecule has 2 N–H and O–H groups in total. The lowest BCUT2D eigenvalue weighted by Crippen LogP contribution is -2.32. The summed E-state index contributed by atoms with van der Waals surface area (Å²) in [6.07, 6.45) is 0.925. The number of nitrogens with zero attached hydrogens (tertiary/aromatic N) is 2. The molecule has 1 heterocycles. The molecule has 0 aliphatic heterocycles. The van der Waals surface area contributed by atoms with Crippen LogP contribution < -0.4 is 5.32 Å². The van der Waals surface area contributed by atoms with Gasteiger partial charge in [-0.3, -0.25) is 14.5 Å². The Balaban J connectivity index is 2.80. The molecule has 0 aromatic carbocycles. The van der Waals surface area contributed by atoms with Gasteiger partial charge < -0.3 is 5.32 Å². The number of H-pyrrole nitrogens is 1. The maximum absolute atomic E-state index is 11.7. The molecule has 1 aromatic rings. The lowest BCUT2D eigenvalue weighted by Gasteiger charge is -2.13. The van der Waals surface area contributed by atoms with Gasteiger partial charge in [-0.1, -0.05) is 6.92 Å². The molecule has 0 fully saturated rings.